The van der Waals surface area contributed by atoms with Gasteiger partial charge in [-0.2, -0.15) is 5.10 Å². The third kappa shape index (κ3) is 4.69. The second-order valence-corrected chi connectivity index (χ2v) is 8.04. The van der Waals surface area contributed by atoms with E-state index >= 15 is 0 Å². The number of nitrogens with one attached hydrogen (secondary N) is 1. The molecule has 0 spiro atoms. The van der Waals surface area contributed by atoms with E-state index in [9.17, 15) is 4.79 Å². The molecule has 158 valence electrons. The summed E-state index contributed by atoms with van der Waals surface area (Å²) >= 11 is 7.64. The Morgan fingerprint density at radius 2 is 2.07 bits per heavy atom. The summed E-state index contributed by atoms with van der Waals surface area (Å²) in [4.78, 5) is 23.8. The highest BCUT2D eigenvalue weighted by molar-refractivity contribution is 7.98. The number of rotatable bonds is 7. The normalized spacial score (nSPS) is 14.3. The van der Waals surface area contributed by atoms with E-state index in [1.165, 1.54) is 11.8 Å². The van der Waals surface area contributed by atoms with Gasteiger partial charge in [0.1, 0.15) is 5.82 Å². The van der Waals surface area contributed by atoms with Crippen LogP contribution >= 0.6 is 23.4 Å². The van der Waals surface area contributed by atoms with Crippen molar-refractivity contribution in [3.05, 3.63) is 41.0 Å². The maximum absolute atomic E-state index is 12.3. The number of amides is 1. The molecule has 30 heavy (non-hydrogen) atoms. The Morgan fingerprint density at radius 1 is 1.27 bits per heavy atom. The Kier molecular flexibility index (Phi) is 6.71. The topological polar surface area (TPSA) is 85.2 Å². The van der Waals surface area contributed by atoms with Crippen molar-refractivity contribution in [2.75, 3.05) is 44.0 Å². The summed E-state index contributed by atoms with van der Waals surface area (Å²) in [6.45, 7) is 3.93. The summed E-state index contributed by atoms with van der Waals surface area (Å²) in [5, 5.41) is 9.65. The van der Waals surface area contributed by atoms with Gasteiger partial charge in [0, 0.05) is 24.7 Å². The van der Waals surface area contributed by atoms with Gasteiger partial charge < -0.3 is 15.0 Å². The number of ether oxygens (including phenoxy) is 1. The molecule has 0 unspecified atom stereocenters. The average molecular weight is 447 g/mol. The monoisotopic (exact) mass is 446 g/mol. The standard InChI is InChI=1S/C20H23ClN6O2S/c1-30-20-24-18(26-8-10-29-11-9-26)15-13-23-27(19(15)25-20)7-6-22-17(28)12-14-4-2-3-5-16(14)21/h2-5,13H,6-12H2,1H3,(H,22,28). The fourth-order valence-corrected chi connectivity index (χ4v) is 3.93. The van der Waals surface area contributed by atoms with Crippen molar-refractivity contribution >= 4 is 46.1 Å². The lowest BCUT2D eigenvalue weighted by atomic mass is 10.1. The number of thioether (sulfide) groups is 1. The third-order valence-corrected chi connectivity index (χ3v) is 5.82. The van der Waals surface area contributed by atoms with Crippen LogP contribution in [-0.4, -0.2) is 64.8 Å². The number of aromatic nitrogens is 4. The van der Waals surface area contributed by atoms with Crippen LogP contribution in [0.15, 0.2) is 35.6 Å². The lowest BCUT2D eigenvalue weighted by Gasteiger charge is -2.28. The number of carbonyl (C=O) groups excluding carboxylic acids is 1. The van der Waals surface area contributed by atoms with Gasteiger partial charge in [-0.05, 0) is 17.9 Å². The van der Waals surface area contributed by atoms with E-state index in [-0.39, 0.29) is 12.3 Å². The van der Waals surface area contributed by atoms with E-state index in [1.807, 2.05) is 29.1 Å². The smallest absolute Gasteiger partial charge is 0.224 e. The molecule has 4 rings (SSSR count). The molecule has 1 saturated heterocycles. The minimum Gasteiger partial charge on any atom is -0.378 e. The molecule has 1 fully saturated rings. The third-order valence-electron chi connectivity index (χ3n) is 4.90. The second-order valence-electron chi connectivity index (χ2n) is 6.86. The lowest BCUT2D eigenvalue weighted by molar-refractivity contribution is -0.120. The summed E-state index contributed by atoms with van der Waals surface area (Å²) in [5.74, 6) is 0.814. The Hall–Kier alpha value is -2.36. The van der Waals surface area contributed by atoms with Crippen molar-refractivity contribution in [2.24, 2.45) is 0 Å². The summed E-state index contributed by atoms with van der Waals surface area (Å²) in [5.41, 5.74) is 1.59. The molecule has 1 N–H and O–H groups in total. The maximum Gasteiger partial charge on any atom is 0.224 e. The Balaban J connectivity index is 1.45. The summed E-state index contributed by atoms with van der Waals surface area (Å²) < 4.78 is 7.28. The molecule has 3 aromatic rings. The van der Waals surface area contributed by atoms with E-state index in [4.69, 9.17) is 21.3 Å². The van der Waals surface area contributed by atoms with Gasteiger partial charge in [-0.25, -0.2) is 14.6 Å². The molecule has 1 aromatic carbocycles. The molecule has 3 heterocycles. The van der Waals surface area contributed by atoms with Crippen LogP contribution in [0.5, 0.6) is 0 Å². The number of anilines is 1. The fraction of sp³-hybridized carbons (Fsp3) is 0.400. The zero-order valence-electron chi connectivity index (χ0n) is 16.7. The molecule has 0 aliphatic carbocycles. The van der Waals surface area contributed by atoms with Crippen LogP contribution in [0.2, 0.25) is 5.02 Å². The van der Waals surface area contributed by atoms with Gasteiger partial charge in [0.25, 0.3) is 0 Å². The number of hydrogen-bond acceptors (Lipinski definition) is 7. The van der Waals surface area contributed by atoms with Gasteiger partial charge in [-0.15, -0.1) is 0 Å². The highest BCUT2D eigenvalue weighted by Gasteiger charge is 2.20. The Bertz CT molecular complexity index is 1040. The molecule has 1 aliphatic rings. The summed E-state index contributed by atoms with van der Waals surface area (Å²) in [6, 6.07) is 7.37. The predicted molar refractivity (Wildman–Crippen MR) is 118 cm³/mol. The highest BCUT2D eigenvalue weighted by Crippen LogP contribution is 2.27. The second kappa shape index (κ2) is 9.63. The quantitative estimate of drug-likeness (QED) is 0.440. The number of morpholine rings is 1. The van der Waals surface area contributed by atoms with Crippen LogP contribution in [0.4, 0.5) is 5.82 Å². The first-order chi connectivity index (χ1) is 14.7. The first-order valence-corrected chi connectivity index (χ1v) is 11.4. The molecule has 0 bridgehead atoms. The number of benzene rings is 1. The first kappa shape index (κ1) is 20.9. The molecule has 0 radical (unpaired) electrons. The Morgan fingerprint density at radius 3 is 2.83 bits per heavy atom. The van der Waals surface area contributed by atoms with Crippen molar-refractivity contribution < 1.29 is 9.53 Å². The molecule has 10 heteroatoms. The Labute approximate surface area is 184 Å². The van der Waals surface area contributed by atoms with Crippen LogP contribution in [0, 0.1) is 0 Å². The predicted octanol–water partition coefficient (Wildman–Crippen LogP) is 2.40. The number of hydrogen-bond donors (Lipinski definition) is 1. The SMILES string of the molecule is CSc1nc(N2CCOCC2)c2cnn(CCNC(=O)Cc3ccccc3Cl)c2n1. The van der Waals surface area contributed by atoms with Crippen LogP contribution < -0.4 is 10.2 Å². The summed E-state index contributed by atoms with van der Waals surface area (Å²) in [6.07, 6.45) is 4.01. The zero-order valence-corrected chi connectivity index (χ0v) is 18.2. The number of carbonyl (C=O) groups is 1. The van der Waals surface area contributed by atoms with Crippen molar-refractivity contribution in [1.82, 2.24) is 25.1 Å². The van der Waals surface area contributed by atoms with Crippen molar-refractivity contribution in [3.8, 4) is 0 Å². The van der Waals surface area contributed by atoms with Crippen molar-refractivity contribution in [1.29, 1.82) is 0 Å². The average Bonchev–Trinajstić information content (AvgIpc) is 3.18. The van der Waals surface area contributed by atoms with Crippen molar-refractivity contribution in [3.63, 3.8) is 0 Å². The van der Waals surface area contributed by atoms with E-state index in [2.05, 4.69) is 20.3 Å². The molecule has 1 aliphatic heterocycles. The largest absolute Gasteiger partial charge is 0.378 e. The lowest BCUT2D eigenvalue weighted by Crippen LogP contribution is -2.37. The minimum absolute atomic E-state index is 0.0759. The number of halogens is 1. The first-order valence-electron chi connectivity index (χ1n) is 9.76. The van der Waals surface area contributed by atoms with Crippen LogP contribution in [0.1, 0.15) is 5.56 Å². The van der Waals surface area contributed by atoms with E-state index in [0.717, 1.165) is 35.5 Å². The maximum atomic E-state index is 12.3. The molecule has 8 nitrogen and oxygen atoms in total. The molecule has 0 atom stereocenters. The fourth-order valence-electron chi connectivity index (χ4n) is 3.37. The summed E-state index contributed by atoms with van der Waals surface area (Å²) in [7, 11) is 0. The van der Waals surface area contributed by atoms with Crippen LogP contribution in [-0.2, 0) is 22.5 Å². The van der Waals surface area contributed by atoms with E-state index in [0.29, 0.717) is 36.5 Å². The minimum atomic E-state index is -0.0759. The van der Waals surface area contributed by atoms with Gasteiger partial charge in [0.2, 0.25) is 5.91 Å². The number of nitrogens with zero attached hydrogens (tertiary/aromatic N) is 5. The van der Waals surface area contributed by atoms with Gasteiger partial charge in [-0.3, -0.25) is 4.79 Å². The molecular formula is C20H23ClN6O2S. The van der Waals surface area contributed by atoms with Crippen LogP contribution in [0.25, 0.3) is 11.0 Å². The molecule has 2 aromatic heterocycles. The zero-order chi connectivity index (χ0) is 20.9. The van der Waals surface area contributed by atoms with Crippen LogP contribution in [0.3, 0.4) is 0 Å². The van der Waals surface area contributed by atoms with Crippen molar-refractivity contribution in [2.45, 2.75) is 18.1 Å². The van der Waals surface area contributed by atoms with E-state index < -0.39 is 0 Å². The van der Waals surface area contributed by atoms with Gasteiger partial charge >= 0.3 is 0 Å². The van der Waals surface area contributed by atoms with Gasteiger partial charge in [0.05, 0.1) is 37.8 Å². The van der Waals surface area contributed by atoms with Gasteiger partial charge in [0.15, 0.2) is 10.8 Å². The molecular weight excluding hydrogens is 424 g/mol. The molecule has 0 saturated carbocycles. The number of fused-ring (bicyclic) bond motifs is 1. The van der Waals surface area contributed by atoms with Gasteiger partial charge in [-0.1, -0.05) is 41.6 Å². The van der Waals surface area contributed by atoms with E-state index in [1.54, 1.807) is 12.3 Å². The molecule has 1 amide bonds. The highest BCUT2D eigenvalue weighted by atomic mass is 35.5.